The van der Waals surface area contributed by atoms with Crippen molar-refractivity contribution in [3.8, 4) is 0 Å². The number of benzene rings is 2. The zero-order chi connectivity index (χ0) is 15.9. The fourth-order valence-electron chi connectivity index (χ4n) is 2.54. The highest BCUT2D eigenvalue weighted by Crippen LogP contribution is 2.19. The molecule has 0 saturated carbocycles. The molecule has 2 aromatic carbocycles. The van der Waals surface area contributed by atoms with Gasteiger partial charge in [0.05, 0.1) is 23.9 Å². The van der Waals surface area contributed by atoms with Gasteiger partial charge in [0, 0.05) is 17.8 Å². The largest absolute Gasteiger partial charge is 0.343 e. The van der Waals surface area contributed by atoms with E-state index in [4.69, 9.17) is 4.18 Å². The van der Waals surface area contributed by atoms with Gasteiger partial charge in [-0.25, -0.2) is 0 Å². The SMILES string of the molecule is Cn1c2ccccc2c(=O)c2ccc(COS(C)(=O)=O)cc21. The summed E-state index contributed by atoms with van der Waals surface area (Å²) in [6.07, 6.45) is 1.01. The maximum atomic E-state index is 12.5. The first-order chi connectivity index (χ1) is 10.4. The Kier molecular flexibility index (Phi) is 3.50. The molecule has 0 aliphatic carbocycles. The Morgan fingerprint density at radius 3 is 2.45 bits per heavy atom. The third-order valence-corrected chi connectivity index (χ3v) is 4.16. The molecule has 6 heteroatoms. The van der Waals surface area contributed by atoms with E-state index >= 15 is 0 Å². The van der Waals surface area contributed by atoms with Crippen LogP contribution in [-0.2, 0) is 28.0 Å². The van der Waals surface area contributed by atoms with Gasteiger partial charge in [0.1, 0.15) is 0 Å². The molecule has 114 valence electrons. The van der Waals surface area contributed by atoms with E-state index in [0.717, 1.165) is 17.3 Å². The summed E-state index contributed by atoms with van der Waals surface area (Å²) in [6.45, 7) is -0.0458. The van der Waals surface area contributed by atoms with Crippen LogP contribution >= 0.6 is 0 Å². The van der Waals surface area contributed by atoms with Gasteiger partial charge in [-0.1, -0.05) is 18.2 Å². The van der Waals surface area contributed by atoms with Gasteiger partial charge in [-0.2, -0.15) is 8.42 Å². The molecule has 0 amide bonds. The lowest BCUT2D eigenvalue weighted by Gasteiger charge is -2.11. The second-order valence-corrected chi connectivity index (χ2v) is 6.87. The van der Waals surface area contributed by atoms with Crippen LogP contribution in [0.1, 0.15) is 5.56 Å². The quantitative estimate of drug-likeness (QED) is 0.548. The fourth-order valence-corrected chi connectivity index (χ4v) is 2.89. The first kappa shape index (κ1) is 14.7. The van der Waals surface area contributed by atoms with Gasteiger partial charge in [0.15, 0.2) is 5.43 Å². The molecule has 0 fully saturated rings. The summed E-state index contributed by atoms with van der Waals surface area (Å²) in [5.74, 6) is 0. The minimum Gasteiger partial charge on any atom is -0.343 e. The Hall–Kier alpha value is -2.18. The van der Waals surface area contributed by atoms with E-state index in [2.05, 4.69) is 0 Å². The highest BCUT2D eigenvalue weighted by atomic mass is 32.2. The fraction of sp³-hybridized carbons (Fsp3) is 0.188. The molecule has 0 aliphatic rings. The van der Waals surface area contributed by atoms with Crippen LogP contribution in [0, 0.1) is 0 Å². The number of fused-ring (bicyclic) bond motifs is 2. The predicted octanol–water partition coefficient (Wildman–Crippen LogP) is 2.17. The van der Waals surface area contributed by atoms with Crippen LogP contribution in [-0.4, -0.2) is 19.2 Å². The van der Waals surface area contributed by atoms with Gasteiger partial charge in [-0.15, -0.1) is 0 Å². The molecule has 0 unspecified atom stereocenters. The third kappa shape index (κ3) is 2.63. The number of rotatable bonds is 3. The summed E-state index contributed by atoms with van der Waals surface area (Å²) in [4.78, 5) is 12.5. The van der Waals surface area contributed by atoms with Crippen molar-refractivity contribution >= 4 is 31.9 Å². The van der Waals surface area contributed by atoms with E-state index in [0.29, 0.717) is 16.3 Å². The van der Waals surface area contributed by atoms with Crippen molar-refractivity contribution in [3.63, 3.8) is 0 Å². The molecule has 5 nitrogen and oxygen atoms in total. The van der Waals surface area contributed by atoms with E-state index in [1.807, 2.05) is 29.8 Å². The molecule has 0 aliphatic heterocycles. The standard InChI is InChI=1S/C16H15NO4S/c1-17-14-6-4-3-5-12(14)16(18)13-8-7-11(9-15(13)17)10-21-22(2,19)20/h3-9H,10H2,1-2H3. The molecule has 1 heterocycles. The van der Waals surface area contributed by atoms with Crippen LogP contribution in [0.2, 0.25) is 0 Å². The highest BCUT2D eigenvalue weighted by Gasteiger charge is 2.10. The first-order valence-corrected chi connectivity index (χ1v) is 8.53. The average molecular weight is 317 g/mol. The third-order valence-electron chi connectivity index (χ3n) is 3.62. The van der Waals surface area contributed by atoms with Crippen LogP contribution in [0.3, 0.4) is 0 Å². The minimum absolute atomic E-state index is 0.0284. The van der Waals surface area contributed by atoms with E-state index in [1.54, 1.807) is 24.3 Å². The molecule has 0 bridgehead atoms. The van der Waals surface area contributed by atoms with Crippen molar-refractivity contribution in [3.05, 3.63) is 58.3 Å². The zero-order valence-corrected chi connectivity index (χ0v) is 13.1. The number of aromatic nitrogens is 1. The summed E-state index contributed by atoms with van der Waals surface area (Å²) in [7, 11) is -1.62. The second-order valence-electron chi connectivity index (χ2n) is 5.22. The van der Waals surface area contributed by atoms with Gasteiger partial charge < -0.3 is 4.57 Å². The second kappa shape index (κ2) is 5.23. The van der Waals surface area contributed by atoms with Gasteiger partial charge >= 0.3 is 0 Å². The van der Waals surface area contributed by atoms with E-state index in [9.17, 15) is 13.2 Å². The van der Waals surface area contributed by atoms with E-state index < -0.39 is 10.1 Å². The Bertz CT molecular complexity index is 1040. The van der Waals surface area contributed by atoms with Crippen LogP contribution in [0.15, 0.2) is 47.3 Å². The monoisotopic (exact) mass is 317 g/mol. The van der Waals surface area contributed by atoms with Crippen LogP contribution < -0.4 is 5.43 Å². The summed E-state index contributed by atoms with van der Waals surface area (Å²) in [5, 5.41) is 1.27. The summed E-state index contributed by atoms with van der Waals surface area (Å²) in [5.41, 5.74) is 2.25. The molecule has 22 heavy (non-hydrogen) atoms. The molecule has 0 radical (unpaired) electrons. The number of pyridine rings is 1. The molecular formula is C16H15NO4S. The highest BCUT2D eigenvalue weighted by molar-refractivity contribution is 7.85. The molecule has 3 aromatic rings. The topological polar surface area (TPSA) is 65.4 Å². The van der Waals surface area contributed by atoms with Crippen molar-refractivity contribution in [2.75, 3.05) is 6.26 Å². The Morgan fingerprint density at radius 2 is 1.73 bits per heavy atom. The van der Waals surface area contributed by atoms with E-state index in [1.165, 1.54) is 0 Å². The molecule has 0 saturated heterocycles. The van der Waals surface area contributed by atoms with Crippen molar-refractivity contribution in [1.29, 1.82) is 0 Å². The number of aryl methyl sites for hydroxylation is 1. The number of hydrogen-bond acceptors (Lipinski definition) is 4. The average Bonchev–Trinajstić information content (AvgIpc) is 2.50. The normalized spacial score (nSPS) is 12.1. The molecule has 3 rings (SSSR count). The van der Waals surface area contributed by atoms with Crippen molar-refractivity contribution < 1.29 is 12.6 Å². The van der Waals surface area contributed by atoms with E-state index in [-0.39, 0.29) is 12.0 Å². The summed E-state index contributed by atoms with van der Waals surface area (Å²) < 4.78 is 28.9. The molecule has 0 N–H and O–H groups in total. The molecule has 0 spiro atoms. The molecular weight excluding hydrogens is 302 g/mol. The van der Waals surface area contributed by atoms with Crippen molar-refractivity contribution in [2.24, 2.45) is 7.05 Å². The van der Waals surface area contributed by atoms with Crippen molar-refractivity contribution in [1.82, 2.24) is 4.57 Å². The Labute approximate surface area is 127 Å². The van der Waals surface area contributed by atoms with Gasteiger partial charge in [-0.05, 0) is 29.8 Å². The molecule has 0 atom stereocenters. The van der Waals surface area contributed by atoms with Crippen LogP contribution in [0.4, 0.5) is 0 Å². The summed E-state index contributed by atoms with van der Waals surface area (Å²) in [6, 6.07) is 12.6. The Morgan fingerprint density at radius 1 is 1.05 bits per heavy atom. The van der Waals surface area contributed by atoms with Crippen LogP contribution in [0.25, 0.3) is 21.8 Å². The molecule has 1 aromatic heterocycles. The Balaban J connectivity index is 2.22. The van der Waals surface area contributed by atoms with Gasteiger partial charge in [-0.3, -0.25) is 8.98 Å². The maximum Gasteiger partial charge on any atom is 0.264 e. The lowest BCUT2D eigenvalue weighted by atomic mass is 10.1. The number of nitrogens with zero attached hydrogens (tertiary/aromatic N) is 1. The lowest BCUT2D eigenvalue weighted by molar-refractivity contribution is 0.312. The smallest absolute Gasteiger partial charge is 0.264 e. The summed E-state index contributed by atoms with van der Waals surface area (Å²) >= 11 is 0. The van der Waals surface area contributed by atoms with Gasteiger partial charge in [0.25, 0.3) is 10.1 Å². The van der Waals surface area contributed by atoms with Crippen molar-refractivity contribution in [2.45, 2.75) is 6.61 Å². The predicted molar refractivity (Wildman–Crippen MR) is 86.3 cm³/mol. The lowest BCUT2D eigenvalue weighted by Crippen LogP contribution is -2.10. The van der Waals surface area contributed by atoms with Gasteiger partial charge in [0.2, 0.25) is 0 Å². The maximum absolute atomic E-state index is 12.5. The minimum atomic E-state index is -3.50. The van der Waals surface area contributed by atoms with Crippen LogP contribution in [0.5, 0.6) is 0 Å². The number of para-hydroxylation sites is 1. The number of hydrogen-bond donors (Lipinski definition) is 0. The zero-order valence-electron chi connectivity index (χ0n) is 12.2. The first-order valence-electron chi connectivity index (χ1n) is 6.71.